The van der Waals surface area contributed by atoms with Gasteiger partial charge in [-0.15, -0.1) is 0 Å². The minimum Gasteiger partial charge on any atom is -0.490 e. The minimum atomic E-state index is -0.722. The second-order valence-corrected chi connectivity index (χ2v) is 8.64. The van der Waals surface area contributed by atoms with Gasteiger partial charge in [0.15, 0.2) is 0 Å². The van der Waals surface area contributed by atoms with E-state index in [1.807, 2.05) is 29.3 Å². The van der Waals surface area contributed by atoms with E-state index in [0.29, 0.717) is 25.9 Å². The van der Waals surface area contributed by atoms with Crippen molar-refractivity contribution in [3.05, 3.63) is 60.3 Å². The monoisotopic (exact) mass is 411 g/mol. The lowest BCUT2D eigenvalue weighted by Crippen LogP contribution is -2.44. The van der Waals surface area contributed by atoms with Crippen LogP contribution in [0.4, 0.5) is 0 Å². The van der Waals surface area contributed by atoms with Gasteiger partial charge in [0.05, 0.1) is 11.6 Å². The van der Waals surface area contributed by atoms with Crippen LogP contribution >= 0.6 is 0 Å². The Morgan fingerprint density at radius 3 is 2.55 bits per heavy atom. The summed E-state index contributed by atoms with van der Waals surface area (Å²) in [6.45, 7) is 3.44. The molecule has 1 aliphatic carbocycles. The minimum absolute atomic E-state index is 0.0121. The molecular weight excluding hydrogens is 386 g/mol. The van der Waals surface area contributed by atoms with Gasteiger partial charge in [0.1, 0.15) is 17.3 Å². The largest absolute Gasteiger partial charge is 0.490 e. The third-order valence-electron chi connectivity index (χ3n) is 6.60. The van der Waals surface area contributed by atoms with Gasteiger partial charge < -0.3 is 9.64 Å². The number of aryl methyl sites for hydroxylation is 1. The van der Waals surface area contributed by atoms with Crippen LogP contribution in [0.15, 0.2) is 54.7 Å². The number of fused-ring (bicyclic) bond motifs is 1. The maximum Gasteiger partial charge on any atom is 0.243 e. The van der Waals surface area contributed by atoms with Gasteiger partial charge in [-0.3, -0.25) is 9.78 Å². The standard InChI is InChI=1S/C26H25N3O2/c1-18-23(9-6-20-3-2-14-28-24(18)20)19-4-7-21(8-5-19)31-22-10-15-29(16-11-22)25(30)26(17-27)12-13-26/h2-9,14,22H,10-13,15-16H2,1H3. The van der Waals surface area contributed by atoms with Gasteiger partial charge in [-0.2, -0.15) is 5.26 Å². The zero-order chi connectivity index (χ0) is 21.4. The van der Waals surface area contributed by atoms with Crippen molar-refractivity contribution in [1.82, 2.24) is 9.88 Å². The number of benzene rings is 2. The fourth-order valence-electron chi connectivity index (χ4n) is 4.49. The van der Waals surface area contributed by atoms with Crippen molar-refractivity contribution in [3.63, 3.8) is 0 Å². The van der Waals surface area contributed by atoms with Crippen molar-refractivity contribution in [2.75, 3.05) is 13.1 Å². The van der Waals surface area contributed by atoms with E-state index in [2.05, 4.69) is 48.3 Å². The van der Waals surface area contributed by atoms with Crippen LogP contribution in [0.5, 0.6) is 5.75 Å². The molecule has 1 aromatic heterocycles. The number of amides is 1. The van der Waals surface area contributed by atoms with E-state index >= 15 is 0 Å². The number of nitriles is 1. The van der Waals surface area contributed by atoms with Crippen molar-refractivity contribution in [2.24, 2.45) is 5.41 Å². The van der Waals surface area contributed by atoms with E-state index in [9.17, 15) is 10.1 Å². The third-order valence-corrected chi connectivity index (χ3v) is 6.60. The normalized spacial score (nSPS) is 17.9. The van der Waals surface area contributed by atoms with E-state index in [0.717, 1.165) is 35.1 Å². The first kappa shape index (κ1) is 19.6. The van der Waals surface area contributed by atoms with Gasteiger partial charge in [-0.05, 0) is 54.7 Å². The first-order valence-electron chi connectivity index (χ1n) is 10.9. The van der Waals surface area contributed by atoms with Gasteiger partial charge in [-0.1, -0.05) is 30.3 Å². The average molecular weight is 412 g/mol. The maximum atomic E-state index is 12.5. The number of piperidine rings is 1. The summed E-state index contributed by atoms with van der Waals surface area (Å²) < 4.78 is 6.19. The van der Waals surface area contributed by atoms with Crippen LogP contribution in [0.1, 0.15) is 31.2 Å². The van der Waals surface area contributed by atoms with Crippen molar-refractivity contribution in [2.45, 2.75) is 38.7 Å². The van der Waals surface area contributed by atoms with Crippen LogP contribution in [-0.4, -0.2) is 35.0 Å². The number of hydrogen-bond donors (Lipinski definition) is 0. The molecular formula is C26H25N3O2. The van der Waals surface area contributed by atoms with Crippen molar-refractivity contribution >= 4 is 16.8 Å². The molecule has 1 saturated carbocycles. The number of carbonyl (C=O) groups is 1. The summed E-state index contributed by atoms with van der Waals surface area (Å²) >= 11 is 0. The number of likely N-dealkylation sites (tertiary alicyclic amines) is 1. The van der Waals surface area contributed by atoms with Crippen molar-refractivity contribution < 1.29 is 9.53 Å². The predicted octanol–water partition coefficient (Wildman–Crippen LogP) is 4.88. The Morgan fingerprint density at radius 1 is 1.13 bits per heavy atom. The van der Waals surface area contributed by atoms with E-state index < -0.39 is 5.41 Å². The quantitative estimate of drug-likeness (QED) is 0.613. The molecule has 2 fully saturated rings. The molecule has 5 heteroatoms. The summed E-state index contributed by atoms with van der Waals surface area (Å²) in [6, 6.07) is 18.7. The molecule has 3 aromatic rings. The van der Waals surface area contributed by atoms with Crippen LogP contribution < -0.4 is 4.74 Å². The van der Waals surface area contributed by atoms with Gasteiger partial charge >= 0.3 is 0 Å². The highest BCUT2D eigenvalue weighted by molar-refractivity contribution is 5.89. The molecule has 31 heavy (non-hydrogen) atoms. The Kier molecular flexibility index (Phi) is 4.86. The summed E-state index contributed by atoms with van der Waals surface area (Å²) in [5, 5.41) is 10.4. The summed E-state index contributed by atoms with van der Waals surface area (Å²) in [6.07, 6.45) is 4.93. The fraction of sp³-hybridized carbons (Fsp3) is 0.346. The molecule has 0 radical (unpaired) electrons. The molecule has 2 aromatic carbocycles. The molecule has 0 N–H and O–H groups in total. The number of nitrogens with zero attached hydrogens (tertiary/aromatic N) is 3. The molecule has 0 unspecified atom stereocenters. The summed E-state index contributed by atoms with van der Waals surface area (Å²) in [4.78, 5) is 18.9. The smallest absolute Gasteiger partial charge is 0.243 e. The lowest BCUT2D eigenvalue weighted by Gasteiger charge is -2.33. The van der Waals surface area contributed by atoms with E-state index in [1.54, 1.807) is 0 Å². The second kappa shape index (κ2) is 7.70. The van der Waals surface area contributed by atoms with E-state index in [4.69, 9.17) is 4.74 Å². The number of pyridine rings is 1. The lowest BCUT2D eigenvalue weighted by molar-refractivity contribution is -0.136. The Hall–Kier alpha value is -3.39. The number of carbonyl (C=O) groups excluding carboxylic acids is 1. The Bertz CT molecular complexity index is 1170. The number of aromatic nitrogens is 1. The summed E-state index contributed by atoms with van der Waals surface area (Å²) in [5.41, 5.74) is 3.81. The predicted molar refractivity (Wildman–Crippen MR) is 119 cm³/mol. The highest BCUT2D eigenvalue weighted by Crippen LogP contribution is 2.46. The molecule has 1 aliphatic heterocycles. The Morgan fingerprint density at radius 2 is 1.87 bits per heavy atom. The zero-order valence-electron chi connectivity index (χ0n) is 17.7. The third kappa shape index (κ3) is 3.63. The summed E-state index contributed by atoms with van der Waals surface area (Å²) in [7, 11) is 0. The zero-order valence-corrected chi connectivity index (χ0v) is 17.7. The molecule has 5 rings (SSSR count). The molecule has 1 amide bonds. The summed E-state index contributed by atoms with van der Waals surface area (Å²) in [5.74, 6) is 0.860. The SMILES string of the molecule is Cc1c(-c2ccc(OC3CCN(C(=O)C4(C#N)CC4)CC3)cc2)ccc2cccnc12. The lowest BCUT2D eigenvalue weighted by atomic mass is 9.98. The maximum absolute atomic E-state index is 12.5. The fourth-order valence-corrected chi connectivity index (χ4v) is 4.49. The Labute approximate surface area is 182 Å². The van der Waals surface area contributed by atoms with Crippen molar-refractivity contribution in [1.29, 1.82) is 5.26 Å². The van der Waals surface area contributed by atoms with Gasteiger partial charge in [-0.25, -0.2) is 0 Å². The highest BCUT2D eigenvalue weighted by atomic mass is 16.5. The number of rotatable bonds is 4. The molecule has 156 valence electrons. The molecule has 0 bridgehead atoms. The van der Waals surface area contributed by atoms with Crippen LogP contribution in [0, 0.1) is 23.7 Å². The van der Waals surface area contributed by atoms with E-state index in [1.165, 1.54) is 11.1 Å². The highest BCUT2D eigenvalue weighted by Gasteiger charge is 2.52. The van der Waals surface area contributed by atoms with Gasteiger partial charge in [0.25, 0.3) is 0 Å². The first-order chi connectivity index (χ1) is 15.1. The van der Waals surface area contributed by atoms with Gasteiger partial charge in [0.2, 0.25) is 5.91 Å². The van der Waals surface area contributed by atoms with Crippen molar-refractivity contribution in [3.8, 4) is 22.9 Å². The Balaban J connectivity index is 1.23. The van der Waals surface area contributed by atoms with Crippen LogP contribution in [-0.2, 0) is 4.79 Å². The molecule has 1 saturated heterocycles. The number of ether oxygens (including phenoxy) is 1. The second-order valence-electron chi connectivity index (χ2n) is 8.64. The topological polar surface area (TPSA) is 66.2 Å². The van der Waals surface area contributed by atoms with Crippen LogP contribution in [0.25, 0.3) is 22.0 Å². The van der Waals surface area contributed by atoms with E-state index in [-0.39, 0.29) is 12.0 Å². The van der Waals surface area contributed by atoms with Gasteiger partial charge in [0, 0.05) is 37.5 Å². The van der Waals surface area contributed by atoms with Crippen LogP contribution in [0.3, 0.4) is 0 Å². The molecule has 0 atom stereocenters. The molecule has 0 spiro atoms. The molecule has 5 nitrogen and oxygen atoms in total. The number of hydrogen-bond acceptors (Lipinski definition) is 4. The first-order valence-corrected chi connectivity index (χ1v) is 10.9. The molecule has 2 aliphatic rings. The van der Waals surface area contributed by atoms with Crippen LogP contribution in [0.2, 0.25) is 0 Å². The average Bonchev–Trinajstić information content (AvgIpc) is 3.62. The molecule has 2 heterocycles.